The summed E-state index contributed by atoms with van der Waals surface area (Å²) in [4.78, 5) is 53.5. The maximum Gasteiger partial charge on any atom is 0.274 e. The second-order valence-electron chi connectivity index (χ2n) is 17.9. The lowest BCUT2D eigenvalue weighted by molar-refractivity contribution is -0.134. The first-order chi connectivity index (χ1) is 31.6. The van der Waals surface area contributed by atoms with E-state index >= 15 is 8.78 Å². The fourth-order valence-corrected chi connectivity index (χ4v) is 11.1. The van der Waals surface area contributed by atoms with Gasteiger partial charge in [-0.3, -0.25) is 24.6 Å². The molecule has 0 aliphatic carbocycles. The lowest BCUT2D eigenvalue weighted by Crippen LogP contribution is -2.53. The predicted molar refractivity (Wildman–Crippen MR) is 255 cm³/mol. The van der Waals surface area contributed by atoms with Gasteiger partial charge in [-0.25, -0.2) is 18.4 Å². The van der Waals surface area contributed by atoms with Gasteiger partial charge >= 0.3 is 0 Å². The Morgan fingerprint density at radius 1 is 0.894 bits per heavy atom. The van der Waals surface area contributed by atoms with Crippen LogP contribution in [0, 0.1) is 18.6 Å². The molecule has 3 saturated heterocycles. The lowest BCUT2D eigenvalue weighted by atomic mass is 9.89. The minimum Gasteiger partial charge on any atom is -0.492 e. The summed E-state index contributed by atoms with van der Waals surface area (Å²) in [5, 5.41) is 14.7. The van der Waals surface area contributed by atoms with Crippen LogP contribution in [0.15, 0.2) is 53.6 Å². The first kappa shape index (κ1) is 46.7. The van der Waals surface area contributed by atoms with Gasteiger partial charge in [0, 0.05) is 105 Å². The second-order valence-corrected chi connectivity index (χ2v) is 21.1. The van der Waals surface area contributed by atoms with Gasteiger partial charge < -0.3 is 29.7 Å². The average Bonchev–Trinajstić information content (AvgIpc) is 3.28. The maximum absolute atomic E-state index is 15.1. The first-order valence-corrected chi connectivity index (χ1v) is 25.5. The summed E-state index contributed by atoms with van der Waals surface area (Å²) in [6.07, 6.45) is 6.82. The molecule has 0 spiro atoms. The van der Waals surface area contributed by atoms with Gasteiger partial charge in [-0.15, -0.1) is 0 Å². The third kappa shape index (κ3) is 9.98. The van der Waals surface area contributed by atoms with E-state index in [9.17, 15) is 18.9 Å². The molecular weight excluding hydrogens is 866 g/mol. The number of benzene rings is 3. The molecule has 3 aliphatic heterocycles. The summed E-state index contributed by atoms with van der Waals surface area (Å²) >= 11 is 0. The van der Waals surface area contributed by atoms with E-state index in [1.807, 2.05) is 13.8 Å². The number of piperidine rings is 2. The van der Waals surface area contributed by atoms with Crippen LogP contribution in [0.25, 0.3) is 10.8 Å². The summed E-state index contributed by atoms with van der Waals surface area (Å²) < 4.78 is 51.4. The van der Waals surface area contributed by atoms with E-state index in [0.29, 0.717) is 70.5 Å². The van der Waals surface area contributed by atoms with Gasteiger partial charge in [-0.2, -0.15) is 10.1 Å². The fraction of sp³-hybridized carbons (Fsp3) is 0.458. The van der Waals surface area contributed by atoms with Crippen molar-refractivity contribution < 1.29 is 27.7 Å². The molecule has 66 heavy (non-hydrogen) atoms. The molecule has 0 saturated carbocycles. The monoisotopic (exact) mass is 924 g/mol. The van der Waals surface area contributed by atoms with E-state index in [0.717, 1.165) is 75.5 Å². The molecule has 0 bridgehead atoms. The van der Waals surface area contributed by atoms with Crippen LogP contribution in [0.1, 0.15) is 67.7 Å². The van der Waals surface area contributed by atoms with E-state index in [-0.39, 0.29) is 24.0 Å². The molecule has 3 fully saturated rings. The van der Waals surface area contributed by atoms with Crippen molar-refractivity contribution >= 4 is 63.9 Å². The van der Waals surface area contributed by atoms with Crippen molar-refractivity contribution in [2.45, 2.75) is 71.3 Å². The summed E-state index contributed by atoms with van der Waals surface area (Å²) in [6.45, 7) is 15.9. The van der Waals surface area contributed by atoms with E-state index in [1.54, 1.807) is 44.9 Å². The molecule has 18 heteroatoms. The van der Waals surface area contributed by atoms with Gasteiger partial charge in [0.1, 0.15) is 30.3 Å². The van der Waals surface area contributed by atoms with Crippen molar-refractivity contribution in [1.29, 1.82) is 0 Å². The Balaban J connectivity index is 0.890. The van der Waals surface area contributed by atoms with Crippen LogP contribution in [-0.4, -0.2) is 113 Å². The molecule has 2 amide bonds. The summed E-state index contributed by atoms with van der Waals surface area (Å²) in [5.74, 6) is -1.97. The van der Waals surface area contributed by atoms with Crippen LogP contribution < -0.4 is 36.5 Å². The third-order valence-corrected chi connectivity index (χ3v) is 14.7. The van der Waals surface area contributed by atoms with Gasteiger partial charge in [0.05, 0.1) is 35.5 Å². The molecule has 0 radical (unpaired) electrons. The molecule has 3 aromatic carbocycles. The first-order valence-electron chi connectivity index (χ1n) is 22.9. The number of piperazine rings is 1. The zero-order valence-electron chi connectivity index (χ0n) is 38.5. The Morgan fingerprint density at radius 2 is 1.62 bits per heavy atom. The molecule has 8 rings (SSSR count). The van der Waals surface area contributed by atoms with E-state index in [1.165, 1.54) is 22.4 Å². The van der Waals surface area contributed by atoms with Crippen LogP contribution in [0.3, 0.4) is 0 Å². The largest absolute Gasteiger partial charge is 0.492 e. The minimum atomic E-state index is -2.89. The minimum absolute atomic E-state index is 0.0602. The number of imide groups is 1. The summed E-state index contributed by atoms with van der Waals surface area (Å²) in [6, 6.07) is 10.9. The van der Waals surface area contributed by atoms with E-state index in [2.05, 4.69) is 59.8 Å². The number of carbonyl (C=O) groups is 2. The highest BCUT2D eigenvalue weighted by atomic mass is 31.2. The molecule has 3 aliphatic rings. The van der Waals surface area contributed by atoms with Gasteiger partial charge in [0.25, 0.3) is 5.56 Å². The van der Waals surface area contributed by atoms with Crippen molar-refractivity contribution in [3.8, 4) is 5.75 Å². The van der Waals surface area contributed by atoms with E-state index in [4.69, 9.17) is 9.72 Å². The molecule has 5 aromatic rings. The number of fused-ring (bicyclic) bond motifs is 1. The number of hydrogen-bond acceptors (Lipinski definition) is 13. The number of rotatable bonds is 14. The smallest absolute Gasteiger partial charge is 0.274 e. The number of nitrogens with zero attached hydrogens (tertiary/aromatic N) is 7. The number of anilines is 5. The Bertz CT molecular complexity index is 2740. The predicted octanol–water partition coefficient (Wildman–Crippen LogP) is 6.36. The van der Waals surface area contributed by atoms with Gasteiger partial charge in [-0.1, -0.05) is 6.92 Å². The molecular formula is C48H59F2N10O5P. The topological polar surface area (TPSA) is 167 Å². The fourth-order valence-electron chi connectivity index (χ4n) is 9.61. The number of aryl methyl sites for hydroxylation is 3. The Kier molecular flexibility index (Phi) is 13.9. The molecule has 350 valence electrons. The molecule has 15 nitrogen and oxygen atoms in total. The summed E-state index contributed by atoms with van der Waals surface area (Å²) in [7, 11) is -1.30. The number of aromatic nitrogens is 4. The van der Waals surface area contributed by atoms with Gasteiger partial charge in [0.15, 0.2) is 0 Å². The third-order valence-electron chi connectivity index (χ3n) is 13.1. The zero-order chi connectivity index (χ0) is 46.9. The quantitative estimate of drug-likeness (QED) is 0.0834. The van der Waals surface area contributed by atoms with Crippen LogP contribution in [0.2, 0.25) is 0 Å². The highest BCUT2D eigenvalue weighted by molar-refractivity contribution is 7.71. The normalized spacial score (nSPS) is 17.9. The molecule has 1 atom stereocenters. The number of hydrogen-bond donors (Lipinski definition) is 3. The number of carbonyl (C=O) groups excluding carboxylic acids is 2. The summed E-state index contributed by atoms with van der Waals surface area (Å²) in [5.41, 5.74) is 4.47. The number of ether oxygens (including phenoxy) is 1. The number of halogens is 2. The Hall–Kier alpha value is -5.77. The van der Waals surface area contributed by atoms with Crippen molar-refractivity contribution in [2.24, 2.45) is 7.05 Å². The lowest BCUT2D eigenvalue weighted by Gasteiger charge is -2.43. The second kappa shape index (κ2) is 19.6. The van der Waals surface area contributed by atoms with Gasteiger partial charge in [0.2, 0.25) is 17.8 Å². The number of nitrogens with one attached hydrogen (secondary N) is 3. The van der Waals surface area contributed by atoms with Gasteiger partial charge in [-0.05, 0) is 101 Å². The number of amides is 2. The van der Waals surface area contributed by atoms with Crippen LogP contribution in [-0.2, 0) is 34.0 Å². The highest BCUT2D eigenvalue weighted by Gasteiger charge is 2.33. The molecule has 2 aromatic heterocycles. The van der Waals surface area contributed by atoms with Crippen LogP contribution >= 0.6 is 7.14 Å². The zero-order valence-corrected chi connectivity index (χ0v) is 39.4. The molecule has 5 heterocycles. The van der Waals surface area contributed by atoms with Crippen molar-refractivity contribution in [1.82, 2.24) is 34.9 Å². The van der Waals surface area contributed by atoms with Crippen molar-refractivity contribution in [3.05, 3.63) is 93.0 Å². The highest BCUT2D eigenvalue weighted by Crippen LogP contribution is 2.42. The Labute approximate surface area is 383 Å². The maximum atomic E-state index is 15.1. The van der Waals surface area contributed by atoms with Crippen molar-refractivity contribution in [3.63, 3.8) is 0 Å². The molecule has 3 N–H and O–H groups in total. The van der Waals surface area contributed by atoms with Crippen LogP contribution in [0.4, 0.5) is 37.6 Å². The Morgan fingerprint density at radius 3 is 2.29 bits per heavy atom. The van der Waals surface area contributed by atoms with E-state index < -0.39 is 36.5 Å². The van der Waals surface area contributed by atoms with Crippen LogP contribution in [0.5, 0.6) is 5.75 Å². The van der Waals surface area contributed by atoms with Crippen molar-refractivity contribution in [2.75, 3.05) is 81.3 Å². The molecule has 0 unspecified atom stereocenters. The average molecular weight is 925 g/mol. The SMILES string of the molecule is CCOc1cc(N2CCC(N3CCN(CCc4cc(F)c([C@H]5CCC(=O)NC5=O)c(F)c4)CC3)CC2)c(CC)cc1Nc1ncc(C)c(Nc2ccc3c(=O)n(C)ncc3c2P(C)(C)=O)n1. The standard InChI is InChI=1S/C48H59F2N10O5P/c1-7-31-25-39(54-48-51-27-29(3)45(56-48)53-38-11-9-33-35(44(38)66(5,6)64)28-52-57(4)47(33)63)41(65-8-2)26-40(31)60-17-14-32(15-18-60)59-21-19-58(20-22-59)16-13-30-23-36(49)43(37(50)24-30)34-10-12-42(61)55-46(34)62/h9,11,23-28,32,34H,7-8,10,12-22H2,1-6H3,(H,55,61,62)(H2,51,53,54,56)/t34-/m1/s1.